The third-order valence-electron chi connectivity index (χ3n) is 4.66. The van der Waals surface area contributed by atoms with Crippen LogP contribution in [-0.2, 0) is 11.3 Å². The first-order valence-corrected chi connectivity index (χ1v) is 11.2. The lowest BCUT2D eigenvalue weighted by Gasteiger charge is -2.09. The zero-order chi connectivity index (χ0) is 21.5. The van der Waals surface area contributed by atoms with Crippen LogP contribution >= 0.6 is 22.9 Å². The lowest BCUT2D eigenvalue weighted by molar-refractivity contribution is -0.121. The predicted molar refractivity (Wildman–Crippen MR) is 126 cm³/mol. The van der Waals surface area contributed by atoms with Crippen molar-refractivity contribution >= 4 is 28.8 Å². The van der Waals surface area contributed by atoms with Gasteiger partial charge in [0.25, 0.3) is 0 Å². The Morgan fingerprint density at radius 2 is 1.74 bits per heavy atom. The smallest absolute Gasteiger partial charge is 0.223 e. The number of hydrogen-bond acceptors (Lipinski definition) is 4. The second-order valence-corrected chi connectivity index (χ2v) is 8.18. The molecule has 31 heavy (non-hydrogen) atoms. The van der Waals surface area contributed by atoms with Crippen molar-refractivity contribution in [2.24, 2.45) is 0 Å². The van der Waals surface area contributed by atoms with Crippen molar-refractivity contribution in [1.29, 1.82) is 0 Å². The molecule has 0 saturated carbocycles. The van der Waals surface area contributed by atoms with Gasteiger partial charge in [-0.05, 0) is 23.8 Å². The number of carbonyl (C=O) groups excluding carboxylic acids is 1. The molecule has 4 aromatic rings. The first-order valence-electron chi connectivity index (χ1n) is 9.93. The molecule has 0 bridgehead atoms. The number of benzene rings is 3. The summed E-state index contributed by atoms with van der Waals surface area (Å²) < 4.78 is 5.58. The van der Waals surface area contributed by atoms with Crippen molar-refractivity contribution in [1.82, 2.24) is 10.3 Å². The average molecular weight is 449 g/mol. The molecule has 0 aliphatic rings. The normalized spacial score (nSPS) is 10.6. The first kappa shape index (κ1) is 21.1. The van der Waals surface area contributed by atoms with Gasteiger partial charge in [-0.25, -0.2) is 4.98 Å². The topological polar surface area (TPSA) is 51.2 Å². The minimum absolute atomic E-state index is 0.0712. The second kappa shape index (κ2) is 10.2. The molecular weight excluding hydrogens is 428 g/mol. The van der Waals surface area contributed by atoms with Gasteiger partial charge in [0.1, 0.15) is 10.8 Å². The zero-order valence-electron chi connectivity index (χ0n) is 16.8. The molecule has 1 aromatic heterocycles. The van der Waals surface area contributed by atoms with Gasteiger partial charge in [0.05, 0.1) is 23.7 Å². The molecule has 0 unspecified atom stereocenters. The summed E-state index contributed by atoms with van der Waals surface area (Å²) in [5.74, 6) is 0.515. The Balaban J connectivity index is 1.31. The maximum absolute atomic E-state index is 12.2. The van der Waals surface area contributed by atoms with Crippen LogP contribution in [0.15, 0.2) is 84.2 Å². The van der Waals surface area contributed by atoms with E-state index in [-0.39, 0.29) is 18.9 Å². The van der Waals surface area contributed by atoms with Gasteiger partial charge < -0.3 is 10.1 Å². The largest absolute Gasteiger partial charge is 0.491 e. The van der Waals surface area contributed by atoms with Crippen LogP contribution in [-0.4, -0.2) is 17.5 Å². The molecule has 0 fully saturated rings. The third-order valence-corrected chi connectivity index (χ3v) is 5.86. The van der Waals surface area contributed by atoms with Crippen LogP contribution in [0.5, 0.6) is 5.75 Å². The van der Waals surface area contributed by atoms with Gasteiger partial charge in [0.15, 0.2) is 0 Å². The number of nitrogens with one attached hydrogen (secondary N) is 1. The summed E-state index contributed by atoms with van der Waals surface area (Å²) in [5, 5.41) is 6.51. The third kappa shape index (κ3) is 5.72. The molecule has 0 spiro atoms. The van der Waals surface area contributed by atoms with E-state index in [1.165, 1.54) is 0 Å². The number of nitrogens with zero attached hydrogens (tertiary/aromatic N) is 1. The summed E-state index contributed by atoms with van der Waals surface area (Å²) in [6, 6.07) is 25.4. The van der Waals surface area contributed by atoms with Crippen LogP contribution in [0.4, 0.5) is 0 Å². The number of hydrogen-bond donors (Lipinski definition) is 1. The van der Waals surface area contributed by atoms with Gasteiger partial charge in [-0.2, -0.15) is 0 Å². The lowest BCUT2D eigenvalue weighted by atomic mass is 10.1. The Hall–Kier alpha value is -3.15. The lowest BCUT2D eigenvalue weighted by Crippen LogP contribution is -2.24. The van der Waals surface area contributed by atoms with E-state index >= 15 is 0 Å². The fourth-order valence-electron chi connectivity index (χ4n) is 3.07. The molecule has 156 valence electrons. The van der Waals surface area contributed by atoms with E-state index in [1.807, 2.05) is 48.5 Å². The molecule has 6 heteroatoms. The van der Waals surface area contributed by atoms with Crippen molar-refractivity contribution in [2.45, 2.75) is 13.0 Å². The maximum Gasteiger partial charge on any atom is 0.223 e. The van der Waals surface area contributed by atoms with E-state index in [0.29, 0.717) is 17.3 Å². The van der Waals surface area contributed by atoms with Crippen LogP contribution in [0.2, 0.25) is 5.02 Å². The van der Waals surface area contributed by atoms with Gasteiger partial charge in [0, 0.05) is 23.1 Å². The fourth-order valence-corrected chi connectivity index (χ4v) is 4.08. The summed E-state index contributed by atoms with van der Waals surface area (Å²) in [4.78, 5) is 16.9. The van der Waals surface area contributed by atoms with Crippen LogP contribution in [0.25, 0.3) is 21.8 Å². The summed E-state index contributed by atoms with van der Waals surface area (Å²) in [6.45, 7) is 0.729. The predicted octanol–water partition coefficient (Wildman–Crippen LogP) is 6.22. The van der Waals surface area contributed by atoms with Crippen molar-refractivity contribution in [3.8, 4) is 27.6 Å². The van der Waals surface area contributed by atoms with Crippen molar-refractivity contribution in [3.05, 3.63) is 94.8 Å². The molecule has 0 aliphatic carbocycles. The van der Waals surface area contributed by atoms with E-state index in [1.54, 1.807) is 23.5 Å². The minimum Gasteiger partial charge on any atom is -0.491 e. The number of carbonyl (C=O) groups is 1. The molecule has 0 atom stereocenters. The van der Waals surface area contributed by atoms with Crippen LogP contribution in [0.1, 0.15) is 12.0 Å². The Morgan fingerprint density at radius 3 is 2.58 bits per heavy atom. The Labute approximate surface area is 190 Å². The fraction of sp³-hybridized carbons (Fsp3) is 0.120. The van der Waals surface area contributed by atoms with E-state index in [0.717, 1.165) is 27.4 Å². The molecule has 0 aliphatic heterocycles. The summed E-state index contributed by atoms with van der Waals surface area (Å²) >= 11 is 7.67. The number of thiazole rings is 1. The van der Waals surface area contributed by atoms with E-state index in [2.05, 4.69) is 28.9 Å². The van der Waals surface area contributed by atoms with E-state index in [4.69, 9.17) is 21.3 Å². The minimum atomic E-state index is -0.0712. The molecule has 1 N–H and O–H groups in total. The number of para-hydroxylation sites is 1. The summed E-state index contributed by atoms with van der Waals surface area (Å²) in [5.41, 5.74) is 4.14. The molecule has 3 aromatic carbocycles. The van der Waals surface area contributed by atoms with Crippen molar-refractivity contribution in [2.75, 3.05) is 6.61 Å². The highest BCUT2D eigenvalue weighted by atomic mass is 35.5. The van der Waals surface area contributed by atoms with Gasteiger partial charge in [-0.15, -0.1) is 11.3 Å². The number of ether oxygens (including phenoxy) is 1. The first-order chi connectivity index (χ1) is 15.2. The summed E-state index contributed by atoms with van der Waals surface area (Å²) in [6.07, 6.45) is 0.262. The SMILES string of the molecule is O=C(CCOc1ccccc1Cl)NCc1cccc(-c2nc(-c3ccccc3)cs2)c1. The van der Waals surface area contributed by atoms with Gasteiger partial charge in [-0.1, -0.05) is 72.3 Å². The molecule has 4 rings (SSSR count). The van der Waals surface area contributed by atoms with E-state index in [9.17, 15) is 4.79 Å². The number of aromatic nitrogens is 1. The van der Waals surface area contributed by atoms with Gasteiger partial charge >= 0.3 is 0 Å². The monoisotopic (exact) mass is 448 g/mol. The molecule has 0 radical (unpaired) electrons. The molecule has 0 saturated heterocycles. The van der Waals surface area contributed by atoms with Crippen molar-refractivity contribution in [3.63, 3.8) is 0 Å². The number of halogens is 1. The maximum atomic E-state index is 12.2. The number of rotatable bonds is 8. The number of amides is 1. The zero-order valence-corrected chi connectivity index (χ0v) is 18.3. The average Bonchev–Trinajstić information content (AvgIpc) is 3.30. The second-order valence-electron chi connectivity index (χ2n) is 6.91. The Kier molecular flexibility index (Phi) is 6.97. The highest BCUT2D eigenvalue weighted by Gasteiger charge is 2.08. The van der Waals surface area contributed by atoms with E-state index < -0.39 is 0 Å². The van der Waals surface area contributed by atoms with Gasteiger partial charge in [0.2, 0.25) is 5.91 Å². The van der Waals surface area contributed by atoms with Gasteiger partial charge in [-0.3, -0.25) is 4.79 Å². The molecule has 4 nitrogen and oxygen atoms in total. The summed E-state index contributed by atoms with van der Waals surface area (Å²) in [7, 11) is 0. The molecule has 1 amide bonds. The Bertz CT molecular complexity index is 1160. The quantitative estimate of drug-likeness (QED) is 0.348. The highest BCUT2D eigenvalue weighted by Crippen LogP contribution is 2.29. The van der Waals surface area contributed by atoms with Crippen LogP contribution in [0.3, 0.4) is 0 Å². The molecule has 1 heterocycles. The van der Waals surface area contributed by atoms with Crippen molar-refractivity contribution < 1.29 is 9.53 Å². The van der Waals surface area contributed by atoms with Crippen LogP contribution < -0.4 is 10.1 Å². The van der Waals surface area contributed by atoms with Crippen LogP contribution in [0, 0.1) is 0 Å². The molecular formula is C25H21ClN2O2S. The standard InChI is InChI=1S/C25H21ClN2O2S/c26-21-11-4-5-12-23(21)30-14-13-24(29)27-16-18-7-6-10-20(15-18)25-28-22(17-31-25)19-8-2-1-3-9-19/h1-12,15,17H,13-14,16H2,(H,27,29). The Morgan fingerprint density at radius 1 is 0.968 bits per heavy atom. The highest BCUT2D eigenvalue weighted by molar-refractivity contribution is 7.13.